The molecule has 0 aliphatic carbocycles. The zero-order chi connectivity index (χ0) is 22.8. The topological polar surface area (TPSA) is 51.7 Å². The van der Waals surface area contributed by atoms with Crippen LogP contribution in [0.1, 0.15) is 23.6 Å². The molecule has 0 aliphatic rings. The molecule has 0 fully saturated rings. The van der Waals surface area contributed by atoms with Gasteiger partial charge in [-0.05, 0) is 66.1 Å². The van der Waals surface area contributed by atoms with Crippen molar-refractivity contribution in [1.82, 2.24) is 9.88 Å². The average molecular weight is 435 g/mol. The standard InChI is InChI=1S/C26H27FN2O3/c1-20(19-31-2)32-25-8-4-6-23(16-25)18-29(17-22-11-13-28-14-12-22)26(30)10-9-21-5-3-7-24(27)15-21/h3-16,20H,17-19H2,1-2H3. The lowest BCUT2D eigenvalue weighted by Crippen LogP contribution is -2.28. The van der Waals surface area contributed by atoms with Crippen molar-refractivity contribution < 1.29 is 18.7 Å². The number of hydrogen-bond donors (Lipinski definition) is 0. The number of ether oxygens (including phenoxy) is 2. The van der Waals surface area contributed by atoms with Crippen LogP contribution in [-0.4, -0.2) is 35.6 Å². The van der Waals surface area contributed by atoms with Gasteiger partial charge in [0, 0.05) is 38.7 Å². The highest BCUT2D eigenvalue weighted by Gasteiger charge is 2.13. The largest absolute Gasteiger partial charge is 0.488 e. The Labute approximate surface area is 188 Å². The molecule has 2 aromatic carbocycles. The quantitative estimate of drug-likeness (QED) is 0.427. The fourth-order valence-electron chi connectivity index (χ4n) is 3.24. The Morgan fingerprint density at radius 2 is 1.81 bits per heavy atom. The summed E-state index contributed by atoms with van der Waals surface area (Å²) in [5, 5.41) is 0. The second-order valence-electron chi connectivity index (χ2n) is 7.47. The third-order valence-electron chi connectivity index (χ3n) is 4.71. The predicted octanol–water partition coefficient (Wildman–Crippen LogP) is 4.88. The van der Waals surface area contributed by atoms with Crippen molar-refractivity contribution in [3.8, 4) is 5.75 Å². The van der Waals surface area contributed by atoms with E-state index in [9.17, 15) is 9.18 Å². The number of carbonyl (C=O) groups excluding carboxylic acids is 1. The molecular weight excluding hydrogens is 407 g/mol. The van der Waals surface area contributed by atoms with E-state index in [4.69, 9.17) is 9.47 Å². The summed E-state index contributed by atoms with van der Waals surface area (Å²) < 4.78 is 24.5. The molecule has 3 rings (SSSR count). The minimum absolute atomic E-state index is 0.0843. The Hall–Kier alpha value is -3.51. The lowest BCUT2D eigenvalue weighted by atomic mass is 10.1. The van der Waals surface area contributed by atoms with Gasteiger partial charge < -0.3 is 14.4 Å². The first-order valence-corrected chi connectivity index (χ1v) is 10.4. The summed E-state index contributed by atoms with van der Waals surface area (Å²) in [5.74, 6) is 0.205. The number of benzene rings is 2. The Balaban J connectivity index is 1.77. The molecule has 3 aromatic rings. The average Bonchev–Trinajstić information content (AvgIpc) is 2.78. The summed E-state index contributed by atoms with van der Waals surface area (Å²) in [7, 11) is 1.64. The molecule has 0 N–H and O–H groups in total. The predicted molar refractivity (Wildman–Crippen MR) is 122 cm³/mol. The molecule has 1 unspecified atom stereocenters. The molecule has 32 heavy (non-hydrogen) atoms. The summed E-state index contributed by atoms with van der Waals surface area (Å²) in [6, 6.07) is 17.6. The third kappa shape index (κ3) is 7.32. The van der Waals surface area contributed by atoms with Gasteiger partial charge in [0.1, 0.15) is 17.7 Å². The number of rotatable bonds is 10. The highest BCUT2D eigenvalue weighted by atomic mass is 19.1. The number of pyridine rings is 1. The maximum atomic E-state index is 13.4. The van der Waals surface area contributed by atoms with Gasteiger partial charge in [-0.1, -0.05) is 24.3 Å². The first kappa shape index (κ1) is 23.2. The second-order valence-corrected chi connectivity index (χ2v) is 7.47. The molecule has 6 heteroatoms. The molecule has 0 saturated carbocycles. The van der Waals surface area contributed by atoms with E-state index >= 15 is 0 Å². The Morgan fingerprint density at radius 1 is 1.06 bits per heavy atom. The summed E-state index contributed by atoms with van der Waals surface area (Å²) >= 11 is 0. The summed E-state index contributed by atoms with van der Waals surface area (Å²) in [6.45, 7) is 3.24. The van der Waals surface area contributed by atoms with E-state index in [1.807, 2.05) is 43.3 Å². The normalized spacial score (nSPS) is 12.0. The molecule has 0 bridgehead atoms. The number of amides is 1. The molecule has 0 spiro atoms. The summed E-state index contributed by atoms with van der Waals surface area (Å²) in [6.07, 6.45) is 6.41. The van der Waals surface area contributed by atoms with Gasteiger partial charge in [-0.25, -0.2) is 4.39 Å². The summed E-state index contributed by atoms with van der Waals surface area (Å²) in [4.78, 5) is 18.8. The maximum Gasteiger partial charge on any atom is 0.247 e. The Bertz CT molecular complexity index is 1040. The van der Waals surface area contributed by atoms with Gasteiger partial charge >= 0.3 is 0 Å². The highest BCUT2D eigenvalue weighted by molar-refractivity contribution is 5.91. The SMILES string of the molecule is COCC(C)Oc1cccc(CN(Cc2ccncc2)C(=O)C=Cc2cccc(F)c2)c1. The van der Waals surface area contributed by atoms with E-state index in [-0.39, 0.29) is 17.8 Å². The van der Waals surface area contributed by atoms with Crippen molar-refractivity contribution >= 4 is 12.0 Å². The third-order valence-corrected chi connectivity index (χ3v) is 4.71. The van der Waals surface area contributed by atoms with Crippen molar-refractivity contribution in [1.29, 1.82) is 0 Å². The number of aromatic nitrogens is 1. The Morgan fingerprint density at radius 3 is 2.56 bits per heavy atom. The molecule has 166 valence electrons. The summed E-state index contributed by atoms with van der Waals surface area (Å²) in [5.41, 5.74) is 2.53. The minimum atomic E-state index is -0.340. The van der Waals surface area contributed by atoms with Crippen LogP contribution in [0.25, 0.3) is 6.08 Å². The lowest BCUT2D eigenvalue weighted by molar-refractivity contribution is -0.127. The highest BCUT2D eigenvalue weighted by Crippen LogP contribution is 2.18. The van der Waals surface area contributed by atoms with Crippen LogP contribution in [0.5, 0.6) is 5.75 Å². The van der Waals surface area contributed by atoms with E-state index in [0.717, 1.165) is 16.9 Å². The van der Waals surface area contributed by atoms with Crippen LogP contribution in [0, 0.1) is 5.82 Å². The van der Waals surface area contributed by atoms with Gasteiger partial charge in [-0.3, -0.25) is 9.78 Å². The molecule has 1 atom stereocenters. The van der Waals surface area contributed by atoms with Gasteiger partial charge in [0.2, 0.25) is 5.91 Å². The lowest BCUT2D eigenvalue weighted by Gasteiger charge is -2.22. The van der Waals surface area contributed by atoms with Crippen molar-refractivity contribution in [2.24, 2.45) is 0 Å². The zero-order valence-corrected chi connectivity index (χ0v) is 18.3. The van der Waals surface area contributed by atoms with E-state index in [0.29, 0.717) is 25.3 Å². The molecule has 0 aliphatic heterocycles. The van der Waals surface area contributed by atoms with Crippen molar-refractivity contribution in [3.05, 3.63) is 102 Å². The van der Waals surface area contributed by atoms with Crippen LogP contribution >= 0.6 is 0 Å². The van der Waals surface area contributed by atoms with Crippen molar-refractivity contribution in [2.45, 2.75) is 26.1 Å². The number of carbonyl (C=O) groups is 1. The molecule has 5 nitrogen and oxygen atoms in total. The van der Waals surface area contributed by atoms with Crippen LogP contribution in [0.4, 0.5) is 4.39 Å². The molecule has 1 aromatic heterocycles. The van der Waals surface area contributed by atoms with Crippen molar-refractivity contribution in [3.63, 3.8) is 0 Å². The second kappa shape index (κ2) is 11.8. The van der Waals surface area contributed by atoms with Gasteiger partial charge in [-0.15, -0.1) is 0 Å². The zero-order valence-electron chi connectivity index (χ0n) is 18.3. The molecule has 1 heterocycles. The monoisotopic (exact) mass is 434 g/mol. The number of methoxy groups -OCH3 is 1. The van der Waals surface area contributed by atoms with Gasteiger partial charge in [0.05, 0.1) is 6.61 Å². The van der Waals surface area contributed by atoms with Gasteiger partial charge in [0.15, 0.2) is 0 Å². The fraction of sp³-hybridized carbons (Fsp3) is 0.231. The van der Waals surface area contributed by atoms with Crippen LogP contribution in [0.2, 0.25) is 0 Å². The smallest absolute Gasteiger partial charge is 0.247 e. The number of nitrogens with zero attached hydrogens (tertiary/aromatic N) is 2. The van der Waals surface area contributed by atoms with Crippen LogP contribution in [0.15, 0.2) is 79.1 Å². The van der Waals surface area contributed by atoms with Crippen LogP contribution in [-0.2, 0) is 22.6 Å². The molecule has 0 radical (unpaired) electrons. The number of hydrogen-bond acceptors (Lipinski definition) is 4. The van der Waals surface area contributed by atoms with Crippen LogP contribution in [0.3, 0.4) is 0 Å². The van der Waals surface area contributed by atoms with E-state index in [2.05, 4.69) is 4.98 Å². The molecular formula is C26H27FN2O3. The molecule has 1 amide bonds. The maximum absolute atomic E-state index is 13.4. The molecule has 0 saturated heterocycles. The first-order valence-electron chi connectivity index (χ1n) is 10.4. The Kier molecular flexibility index (Phi) is 8.52. The van der Waals surface area contributed by atoms with E-state index in [1.165, 1.54) is 18.2 Å². The van der Waals surface area contributed by atoms with Crippen LogP contribution < -0.4 is 4.74 Å². The number of halogens is 1. The van der Waals surface area contributed by atoms with E-state index < -0.39 is 0 Å². The fourth-order valence-corrected chi connectivity index (χ4v) is 3.24. The van der Waals surface area contributed by atoms with Gasteiger partial charge in [0.25, 0.3) is 0 Å². The minimum Gasteiger partial charge on any atom is -0.488 e. The first-order chi connectivity index (χ1) is 15.5. The van der Waals surface area contributed by atoms with Crippen molar-refractivity contribution in [2.75, 3.05) is 13.7 Å². The van der Waals surface area contributed by atoms with E-state index in [1.54, 1.807) is 42.6 Å². The van der Waals surface area contributed by atoms with Gasteiger partial charge in [-0.2, -0.15) is 0 Å².